The summed E-state index contributed by atoms with van der Waals surface area (Å²) < 4.78 is 11.8. The lowest BCUT2D eigenvalue weighted by atomic mass is 9.85. The standard InChI is InChI=1S/C29H31N9O4/c1-17(39)24-25(19-12-21-7-8-22(13-19)37(21)29(40)27-32-16-33-36-27)35-28-23(15-34-38(28)26(24)30)18-5-6-20(31-14-18)4-3-9-42-11-10-41-2/h5-6,14-16,19,21-22H,7-13,30H2,1-2H3,(H,32,33,36)/t21-,22-/m1/s1. The molecule has 13 heteroatoms. The van der Waals surface area contributed by atoms with E-state index in [1.165, 1.54) is 17.8 Å². The molecule has 4 aromatic heterocycles. The van der Waals surface area contributed by atoms with E-state index in [1.807, 2.05) is 17.0 Å². The molecular weight excluding hydrogens is 538 g/mol. The maximum absolute atomic E-state index is 13.1. The minimum atomic E-state index is -0.169. The smallest absolute Gasteiger partial charge is 0.291 e. The number of pyridine rings is 1. The van der Waals surface area contributed by atoms with Gasteiger partial charge < -0.3 is 20.1 Å². The van der Waals surface area contributed by atoms with Gasteiger partial charge in [0.2, 0.25) is 5.82 Å². The van der Waals surface area contributed by atoms with Crippen molar-refractivity contribution in [2.24, 2.45) is 0 Å². The van der Waals surface area contributed by atoms with E-state index in [2.05, 4.69) is 37.1 Å². The quantitative estimate of drug-likeness (QED) is 0.182. The number of Topliss-reactive ketones (excluding diaryl/α,β-unsaturated/α-hetero) is 1. The highest BCUT2D eigenvalue weighted by Gasteiger charge is 2.45. The van der Waals surface area contributed by atoms with Crippen molar-refractivity contribution in [1.29, 1.82) is 0 Å². The second kappa shape index (κ2) is 11.7. The molecule has 2 fully saturated rings. The average molecular weight is 570 g/mol. The molecular formula is C29H31N9O4. The van der Waals surface area contributed by atoms with Crippen molar-refractivity contribution < 1.29 is 19.1 Å². The number of nitrogens with zero attached hydrogens (tertiary/aromatic N) is 7. The van der Waals surface area contributed by atoms with E-state index in [0.717, 1.165) is 24.0 Å². The predicted molar refractivity (Wildman–Crippen MR) is 152 cm³/mol. The first-order chi connectivity index (χ1) is 20.5. The maximum atomic E-state index is 13.1. The molecule has 4 aromatic rings. The summed E-state index contributed by atoms with van der Waals surface area (Å²) in [4.78, 5) is 41.5. The minimum Gasteiger partial charge on any atom is -0.383 e. The van der Waals surface area contributed by atoms with Crippen LogP contribution in [0.1, 0.15) is 70.9 Å². The van der Waals surface area contributed by atoms with Gasteiger partial charge in [-0.25, -0.2) is 15.0 Å². The van der Waals surface area contributed by atoms with Gasteiger partial charge in [-0.3, -0.25) is 14.7 Å². The number of piperidine rings is 1. The van der Waals surface area contributed by atoms with Gasteiger partial charge in [0.1, 0.15) is 24.4 Å². The zero-order valence-corrected chi connectivity index (χ0v) is 23.4. The summed E-state index contributed by atoms with van der Waals surface area (Å²) in [5.41, 5.74) is 10.3. The molecule has 0 aliphatic carbocycles. The SMILES string of the molecule is COCCOCC#Cc1ccc(-c2cnn3c(N)c(C(C)=O)c(C4C[C@H]5CC[C@H](C4)N5C(=O)c4ncn[nH]4)nc23)cn1. The van der Waals surface area contributed by atoms with E-state index in [-0.39, 0.29) is 41.3 Å². The molecule has 42 heavy (non-hydrogen) atoms. The fourth-order valence-electron chi connectivity index (χ4n) is 6.07. The molecule has 6 heterocycles. The lowest BCUT2D eigenvalue weighted by Crippen LogP contribution is -2.46. The number of amides is 1. The van der Waals surface area contributed by atoms with E-state index >= 15 is 0 Å². The van der Waals surface area contributed by atoms with Crippen LogP contribution in [0.5, 0.6) is 0 Å². The monoisotopic (exact) mass is 569 g/mol. The Labute approximate surface area is 241 Å². The number of carbonyl (C=O) groups excluding carboxylic acids is 2. The Morgan fingerprint density at radius 1 is 1.14 bits per heavy atom. The molecule has 13 nitrogen and oxygen atoms in total. The molecule has 2 atom stereocenters. The number of nitrogens with one attached hydrogen (secondary N) is 1. The fraction of sp³-hybridized carbons (Fsp3) is 0.414. The molecule has 2 bridgehead atoms. The number of aromatic amines is 1. The highest BCUT2D eigenvalue weighted by Crippen LogP contribution is 2.45. The van der Waals surface area contributed by atoms with Crippen LogP contribution in [0.2, 0.25) is 0 Å². The summed E-state index contributed by atoms with van der Waals surface area (Å²) in [7, 11) is 1.62. The van der Waals surface area contributed by atoms with Gasteiger partial charge in [0, 0.05) is 42.4 Å². The van der Waals surface area contributed by atoms with E-state index < -0.39 is 0 Å². The molecule has 2 saturated heterocycles. The number of methoxy groups -OCH3 is 1. The van der Waals surface area contributed by atoms with Crippen LogP contribution in [0.25, 0.3) is 16.8 Å². The number of hydrogen-bond acceptors (Lipinski definition) is 10. The fourth-order valence-corrected chi connectivity index (χ4v) is 6.07. The lowest BCUT2D eigenvalue weighted by Gasteiger charge is -2.38. The van der Waals surface area contributed by atoms with Crippen LogP contribution in [0.3, 0.4) is 0 Å². The van der Waals surface area contributed by atoms with Gasteiger partial charge >= 0.3 is 0 Å². The second-order valence-electron chi connectivity index (χ2n) is 10.5. The third-order valence-corrected chi connectivity index (χ3v) is 7.93. The summed E-state index contributed by atoms with van der Waals surface area (Å²) in [5.74, 6) is 6.06. The van der Waals surface area contributed by atoms with Gasteiger partial charge in [-0.15, -0.1) is 0 Å². The summed E-state index contributed by atoms with van der Waals surface area (Å²) in [6.45, 7) is 2.79. The van der Waals surface area contributed by atoms with Crippen LogP contribution >= 0.6 is 0 Å². The molecule has 0 radical (unpaired) electrons. The van der Waals surface area contributed by atoms with Crippen LogP contribution in [-0.4, -0.2) is 90.4 Å². The Morgan fingerprint density at radius 2 is 1.95 bits per heavy atom. The molecule has 6 rings (SSSR count). The first kappa shape index (κ1) is 27.5. The zero-order valence-electron chi connectivity index (χ0n) is 23.4. The summed E-state index contributed by atoms with van der Waals surface area (Å²) in [5, 5.41) is 11.0. The van der Waals surface area contributed by atoms with Crippen LogP contribution in [0, 0.1) is 11.8 Å². The van der Waals surface area contributed by atoms with Gasteiger partial charge in [-0.2, -0.15) is 14.7 Å². The molecule has 0 aromatic carbocycles. The number of hydrogen-bond donors (Lipinski definition) is 2. The Hall–Kier alpha value is -4.67. The number of aromatic nitrogens is 7. The summed E-state index contributed by atoms with van der Waals surface area (Å²) >= 11 is 0. The van der Waals surface area contributed by atoms with Gasteiger partial charge in [0.25, 0.3) is 5.91 Å². The highest BCUT2D eigenvalue weighted by atomic mass is 16.5. The third kappa shape index (κ3) is 5.10. The molecule has 3 N–H and O–H groups in total. The number of rotatable bonds is 8. The number of nitrogen functional groups attached to an aromatic ring is 1. The Morgan fingerprint density at radius 3 is 2.62 bits per heavy atom. The summed E-state index contributed by atoms with van der Waals surface area (Å²) in [6, 6.07) is 3.76. The van der Waals surface area contributed by atoms with Crippen molar-refractivity contribution in [3.05, 3.63) is 53.6 Å². The van der Waals surface area contributed by atoms with Crippen molar-refractivity contribution in [1.82, 2.24) is 39.7 Å². The summed E-state index contributed by atoms with van der Waals surface area (Å²) in [6.07, 6.45) is 7.85. The van der Waals surface area contributed by atoms with Crippen molar-refractivity contribution >= 4 is 23.2 Å². The lowest BCUT2D eigenvalue weighted by molar-refractivity contribution is 0.0556. The Bertz CT molecular complexity index is 1660. The number of anilines is 1. The Balaban J connectivity index is 1.29. The normalized spacial score (nSPS) is 19.6. The molecule has 1 amide bonds. The van der Waals surface area contributed by atoms with Crippen molar-refractivity contribution in [3.63, 3.8) is 0 Å². The molecule has 2 aliphatic rings. The Kier molecular flexibility index (Phi) is 7.64. The van der Waals surface area contributed by atoms with E-state index in [4.69, 9.17) is 20.2 Å². The largest absolute Gasteiger partial charge is 0.383 e. The first-order valence-electron chi connectivity index (χ1n) is 13.8. The molecule has 0 saturated carbocycles. The van der Waals surface area contributed by atoms with Crippen molar-refractivity contribution in [3.8, 4) is 23.0 Å². The number of H-pyrrole nitrogens is 1. The molecule has 0 unspecified atom stereocenters. The van der Waals surface area contributed by atoms with Crippen LogP contribution in [-0.2, 0) is 9.47 Å². The maximum Gasteiger partial charge on any atom is 0.291 e. The van der Waals surface area contributed by atoms with Crippen molar-refractivity contribution in [2.75, 3.05) is 32.7 Å². The first-order valence-corrected chi connectivity index (χ1v) is 13.8. The van der Waals surface area contributed by atoms with E-state index in [1.54, 1.807) is 19.5 Å². The van der Waals surface area contributed by atoms with Gasteiger partial charge in [-0.1, -0.05) is 5.92 Å². The van der Waals surface area contributed by atoms with Gasteiger partial charge in [0.15, 0.2) is 11.4 Å². The molecule has 2 aliphatic heterocycles. The molecule has 216 valence electrons. The molecule has 0 spiro atoms. The van der Waals surface area contributed by atoms with Crippen LogP contribution in [0.4, 0.5) is 5.82 Å². The number of ketones is 1. The van der Waals surface area contributed by atoms with E-state index in [9.17, 15) is 9.59 Å². The minimum absolute atomic E-state index is 0.0121. The topological polar surface area (TPSA) is 167 Å². The zero-order chi connectivity index (χ0) is 29.2. The third-order valence-electron chi connectivity index (χ3n) is 7.93. The van der Waals surface area contributed by atoms with Gasteiger partial charge in [0.05, 0.1) is 30.7 Å². The van der Waals surface area contributed by atoms with E-state index in [0.29, 0.717) is 55.3 Å². The predicted octanol–water partition coefficient (Wildman–Crippen LogP) is 2.26. The highest BCUT2D eigenvalue weighted by molar-refractivity contribution is 6.00. The van der Waals surface area contributed by atoms with Crippen molar-refractivity contribution in [2.45, 2.75) is 50.6 Å². The van der Waals surface area contributed by atoms with Crippen LogP contribution < -0.4 is 5.73 Å². The van der Waals surface area contributed by atoms with Crippen LogP contribution in [0.15, 0.2) is 30.9 Å². The second-order valence-corrected chi connectivity index (χ2v) is 10.5. The number of fused-ring (bicyclic) bond motifs is 3. The van der Waals surface area contributed by atoms with Gasteiger partial charge in [-0.05, 0) is 50.7 Å². The number of nitrogens with two attached hydrogens (primary N) is 1. The number of ether oxygens (including phenoxy) is 2. The average Bonchev–Trinajstić information content (AvgIpc) is 3.73. The number of carbonyl (C=O) groups is 2.